The standard InChI is InChI=1S/C19H23N3O4/c1-11(2)12-3-5-13(6-4-12)18-21-17(26-22-18)8-7-16(23)20-15-9-14(10-15)19(24)25/h3-6,11,14-15H,7-10H2,1-2H3,(H,20,23)(H,24,25). The lowest BCUT2D eigenvalue weighted by molar-refractivity contribution is -0.146. The predicted molar refractivity (Wildman–Crippen MR) is 94.4 cm³/mol. The molecule has 26 heavy (non-hydrogen) atoms. The monoisotopic (exact) mass is 357 g/mol. The molecule has 0 saturated heterocycles. The SMILES string of the molecule is CC(C)c1ccc(-c2noc(CCC(=O)NC3CC(C(=O)O)C3)n2)cc1. The van der Waals surface area contributed by atoms with Crippen molar-refractivity contribution in [2.45, 2.75) is 51.5 Å². The lowest BCUT2D eigenvalue weighted by atomic mass is 9.80. The van der Waals surface area contributed by atoms with E-state index in [4.69, 9.17) is 9.63 Å². The summed E-state index contributed by atoms with van der Waals surface area (Å²) in [7, 11) is 0. The van der Waals surface area contributed by atoms with Gasteiger partial charge in [0.25, 0.3) is 0 Å². The number of rotatable bonds is 7. The van der Waals surface area contributed by atoms with Crippen molar-refractivity contribution in [3.8, 4) is 11.4 Å². The smallest absolute Gasteiger partial charge is 0.306 e. The van der Waals surface area contributed by atoms with Crippen molar-refractivity contribution in [1.29, 1.82) is 0 Å². The first-order valence-corrected chi connectivity index (χ1v) is 8.87. The van der Waals surface area contributed by atoms with Gasteiger partial charge in [-0.2, -0.15) is 4.98 Å². The summed E-state index contributed by atoms with van der Waals surface area (Å²) in [6.07, 6.45) is 1.59. The molecule has 1 aliphatic carbocycles. The zero-order chi connectivity index (χ0) is 18.7. The topological polar surface area (TPSA) is 105 Å². The normalized spacial score (nSPS) is 19.2. The average Bonchev–Trinajstić information content (AvgIpc) is 3.04. The number of aliphatic carboxylic acids is 1. The molecule has 1 aliphatic rings. The van der Waals surface area contributed by atoms with Crippen molar-refractivity contribution in [2.75, 3.05) is 0 Å². The van der Waals surface area contributed by atoms with E-state index in [-0.39, 0.29) is 24.3 Å². The number of aromatic nitrogens is 2. The van der Waals surface area contributed by atoms with E-state index in [1.54, 1.807) is 0 Å². The van der Waals surface area contributed by atoms with Gasteiger partial charge in [0.05, 0.1) is 5.92 Å². The van der Waals surface area contributed by atoms with Crippen molar-refractivity contribution in [3.05, 3.63) is 35.7 Å². The van der Waals surface area contributed by atoms with Gasteiger partial charge < -0.3 is 14.9 Å². The second-order valence-electron chi connectivity index (χ2n) is 7.06. The molecular weight excluding hydrogens is 334 g/mol. The van der Waals surface area contributed by atoms with E-state index < -0.39 is 5.97 Å². The summed E-state index contributed by atoms with van der Waals surface area (Å²) in [6.45, 7) is 4.27. The molecule has 0 aliphatic heterocycles. The van der Waals surface area contributed by atoms with Gasteiger partial charge in [-0.3, -0.25) is 9.59 Å². The third-order valence-electron chi connectivity index (χ3n) is 4.72. The van der Waals surface area contributed by atoms with Crippen LogP contribution < -0.4 is 5.32 Å². The van der Waals surface area contributed by atoms with Crippen LogP contribution in [-0.4, -0.2) is 33.2 Å². The van der Waals surface area contributed by atoms with Crippen molar-refractivity contribution >= 4 is 11.9 Å². The number of nitrogens with zero attached hydrogens (tertiary/aromatic N) is 2. The maximum Gasteiger partial charge on any atom is 0.306 e. The predicted octanol–water partition coefficient (Wildman–Crippen LogP) is 2.77. The quantitative estimate of drug-likeness (QED) is 0.789. The summed E-state index contributed by atoms with van der Waals surface area (Å²) < 4.78 is 5.22. The largest absolute Gasteiger partial charge is 0.481 e. The summed E-state index contributed by atoms with van der Waals surface area (Å²) in [6, 6.07) is 7.98. The van der Waals surface area contributed by atoms with Gasteiger partial charge in [0.2, 0.25) is 17.6 Å². The highest BCUT2D eigenvalue weighted by atomic mass is 16.5. The molecule has 2 N–H and O–H groups in total. The van der Waals surface area contributed by atoms with Crippen LogP contribution in [0, 0.1) is 5.92 Å². The van der Waals surface area contributed by atoms with Crippen LogP contribution in [0.25, 0.3) is 11.4 Å². The minimum Gasteiger partial charge on any atom is -0.481 e. The second-order valence-corrected chi connectivity index (χ2v) is 7.06. The van der Waals surface area contributed by atoms with Crippen LogP contribution in [0.2, 0.25) is 0 Å². The number of nitrogens with one attached hydrogen (secondary N) is 1. The molecule has 1 amide bonds. The van der Waals surface area contributed by atoms with Crippen LogP contribution in [0.15, 0.2) is 28.8 Å². The molecule has 3 rings (SSSR count). The molecular formula is C19H23N3O4. The Morgan fingerprint density at radius 3 is 2.58 bits per heavy atom. The van der Waals surface area contributed by atoms with Crippen LogP contribution in [0.4, 0.5) is 0 Å². The zero-order valence-corrected chi connectivity index (χ0v) is 14.9. The van der Waals surface area contributed by atoms with Gasteiger partial charge in [0, 0.05) is 24.4 Å². The van der Waals surface area contributed by atoms with Gasteiger partial charge in [-0.1, -0.05) is 43.3 Å². The Morgan fingerprint density at radius 2 is 1.96 bits per heavy atom. The lowest BCUT2D eigenvalue weighted by Crippen LogP contribution is -2.46. The highest BCUT2D eigenvalue weighted by molar-refractivity contribution is 5.77. The molecule has 0 spiro atoms. The Hall–Kier alpha value is -2.70. The Kier molecular flexibility index (Phi) is 5.35. The molecule has 1 fully saturated rings. The van der Waals surface area contributed by atoms with Gasteiger partial charge in [0.1, 0.15) is 0 Å². The van der Waals surface area contributed by atoms with Crippen molar-refractivity contribution in [2.24, 2.45) is 5.92 Å². The molecule has 7 heteroatoms. The van der Waals surface area contributed by atoms with E-state index >= 15 is 0 Å². The molecule has 0 atom stereocenters. The zero-order valence-electron chi connectivity index (χ0n) is 14.9. The summed E-state index contributed by atoms with van der Waals surface area (Å²) in [5.74, 6) is 0.139. The minimum atomic E-state index is -0.796. The second kappa shape index (κ2) is 7.68. The molecule has 7 nitrogen and oxygen atoms in total. The Bertz CT molecular complexity index is 776. The van der Waals surface area contributed by atoms with Crippen LogP contribution in [0.3, 0.4) is 0 Å². The van der Waals surface area contributed by atoms with E-state index in [1.807, 2.05) is 24.3 Å². The number of aryl methyl sites for hydroxylation is 1. The first kappa shape index (κ1) is 18.1. The summed E-state index contributed by atoms with van der Waals surface area (Å²) in [4.78, 5) is 27.0. The lowest BCUT2D eigenvalue weighted by Gasteiger charge is -2.32. The van der Waals surface area contributed by atoms with Gasteiger partial charge in [-0.15, -0.1) is 0 Å². The molecule has 1 aromatic heterocycles. The number of carboxylic acids is 1. The van der Waals surface area contributed by atoms with Crippen LogP contribution in [-0.2, 0) is 16.0 Å². The van der Waals surface area contributed by atoms with Crippen molar-refractivity contribution in [1.82, 2.24) is 15.5 Å². The minimum absolute atomic E-state index is 0.0404. The molecule has 0 unspecified atom stereocenters. The van der Waals surface area contributed by atoms with E-state index in [0.29, 0.717) is 36.9 Å². The first-order chi connectivity index (χ1) is 12.4. The maximum atomic E-state index is 11.9. The van der Waals surface area contributed by atoms with Gasteiger partial charge in [-0.05, 0) is 24.3 Å². The molecule has 1 saturated carbocycles. The molecule has 0 bridgehead atoms. The number of benzene rings is 1. The molecule has 2 aromatic rings. The number of carbonyl (C=O) groups excluding carboxylic acids is 1. The third-order valence-corrected chi connectivity index (χ3v) is 4.72. The number of carbonyl (C=O) groups is 2. The molecule has 138 valence electrons. The number of hydrogen-bond acceptors (Lipinski definition) is 5. The maximum absolute atomic E-state index is 11.9. The fourth-order valence-corrected chi connectivity index (χ4v) is 2.95. The van der Waals surface area contributed by atoms with Gasteiger partial charge in [-0.25, -0.2) is 0 Å². The highest BCUT2D eigenvalue weighted by Gasteiger charge is 2.35. The summed E-state index contributed by atoms with van der Waals surface area (Å²) >= 11 is 0. The fraction of sp³-hybridized carbons (Fsp3) is 0.474. The van der Waals surface area contributed by atoms with Gasteiger partial charge >= 0.3 is 5.97 Å². The van der Waals surface area contributed by atoms with E-state index in [9.17, 15) is 9.59 Å². The summed E-state index contributed by atoms with van der Waals surface area (Å²) in [5, 5.41) is 15.6. The van der Waals surface area contributed by atoms with Crippen molar-refractivity contribution < 1.29 is 19.2 Å². The van der Waals surface area contributed by atoms with Gasteiger partial charge in [0.15, 0.2) is 0 Å². The van der Waals surface area contributed by atoms with E-state index in [1.165, 1.54) is 5.56 Å². The van der Waals surface area contributed by atoms with Crippen LogP contribution >= 0.6 is 0 Å². The number of hydrogen-bond donors (Lipinski definition) is 2. The first-order valence-electron chi connectivity index (χ1n) is 8.87. The molecule has 1 heterocycles. The number of carboxylic acid groups (broad SMARTS) is 1. The van der Waals surface area contributed by atoms with Crippen LogP contribution in [0.5, 0.6) is 0 Å². The van der Waals surface area contributed by atoms with Crippen LogP contribution in [0.1, 0.15) is 50.5 Å². The van der Waals surface area contributed by atoms with Crippen molar-refractivity contribution in [3.63, 3.8) is 0 Å². The molecule has 1 aromatic carbocycles. The summed E-state index contributed by atoms with van der Waals surface area (Å²) in [5.41, 5.74) is 2.12. The Morgan fingerprint density at radius 1 is 1.27 bits per heavy atom. The Balaban J connectivity index is 1.48. The Labute approximate surface area is 151 Å². The fourth-order valence-electron chi connectivity index (χ4n) is 2.95. The molecule has 0 radical (unpaired) electrons. The third kappa shape index (κ3) is 4.28. The van der Waals surface area contributed by atoms with E-state index in [0.717, 1.165) is 5.56 Å². The average molecular weight is 357 g/mol. The van der Waals surface area contributed by atoms with E-state index in [2.05, 4.69) is 29.3 Å². The number of amides is 1. The highest BCUT2D eigenvalue weighted by Crippen LogP contribution is 2.27.